The van der Waals surface area contributed by atoms with Crippen molar-refractivity contribution in [3.8, 4) is 0 Å². The van der Waals surface area contributed by atoms with Crippen LogP contribution in [0, 0.1) is 0 Å². The number of hydrogen-bond donors (Lipinski definition) is 0. The van der Waals surface area contributed by atoms with Gasteiger partial charge in [0.1, 0.15) is 0 Å². The Morgan fingerprint density at radius 3 is 0.905 bits per heavy atom. The van der Waals surface area contributed by atoms with Gasteiger partial charge in [0.15, 0.2) is 0 Å². The Labute approximate surface area is 162 Å². The van der Waals surface area contributed by atoms with Gasteiger partial charge in [0.2, 0.25) is 0 Å². The molecule has 0 N–H and O–H groups in total. The summed E-state index contributed by atoms with van der Waals surface area (Å²) in [4.78, 5) is 4.09. The summed E-state index contributed by atoms with van der Waals surface area (Å²) in [5.74, 6) is 4.75. The first-order valence-corrected chi connectivity index (χ1v) is 11.0. The molecule has 0 rings (SSSR count). The van der Waals surface area contributed by atoms with E-state index in [0.717, 1.165) is 8.64 Å². The first-order chi connectivity index (χ1) is 9.26. The van der Waals surface area contributed by atoms with Crippen LogP contribution >= 0.6 is 24.4 Å². The summed E-state index contributed by atoms with van der Waals surface area (Å²) >= 11 is 10.5. The van der Waals surface area contributed by atoms with Gasteiger partial charge in [0, 0.05) is 28.2 Å². The van der Waals surface area contributed by atoms with E-state index in [9.17, 15) is 0 Å². The second-order valence-corrected chi connectivity index (χ2v) is 10.8. The zero-order valence-corrected chi connectivity index (χ0v) is 21.3. The molecule has 0 atom stereocenters. The van der Waals surface area contributed by atoms with Gasteiger partial charge in [0.05, 0.1) is 0 Å². The molecule has 0 radical (unpaired) electrons. The maximum absolute atomic E-state index is 5.24. The molecule has 0 fully saturated rings. The molecule has 0 unspecified atom stereocenters. The second kappa shape index (κ2) is 16.0. The van der Waals surface area contributed by atoms with Crippen molar-refractivity contribution in [1.29, 1.82) is 0 Å². The summed E-state index contributed by atoms with van der Waals surface area (Å²) in [7, 11) is 8.77. The second-order valence-electron chi connectivity index (χ2n) is 4.46. The van der Waals surface area contributed by atoms with E-state index in [1.165, 1.54) is 23.0 Å². The smallest absolute Gasteiger partial charge is 0.459 e. The minimum atomic E-state index is 0. The van der Waals surface area contributed by atoms with E-state index in [2.05, 4.69) is 27.7 Å². The minimum absolute atomic E-state index is 0. The van der Waals surface area contributed by atoms with Crippen LogP contribution in [0.25, 0.3) is 0 Å². The average molecular weight is 422 g/mol. The van der Waals surface area contributed by atoms with Crippen molar-refractivity contribution < 1.29 is 19.5 Å². The third-order valence-corrected chi connectivity index (χ3v) is 9.27. The predicted molar refractivity (Wildman–Crippen MR) is 109 cm³/mol. The van der Waals surface area contributed by atoms with Crippen LogP contribution in [-0.2, 0) is 41.3 Å². The molecule has 21 heavy (non-hydrogen) atoms. The molecule has 2 nitrogen and oxygen atoms in total. The van der Waals surface area contributed by atoms with Crippen LogP contribution in [0.2, 0.25) is 0 Å². The molecule has 0 aromatic carbocycles. The largest absolute Gasteiger partial charge is 2.00 e. The Balaban J connectivity index is -0.000000295. The molecule has 7 heteroatoms. The van der Waals surface area contributed by atoms with Crippen molar-refractivity contribution in [2.75, 3.05) is 51.2 Å². The molecular weight excluding hydrogens is 390 g/mol. The van der Waals surface area contributed by atoms with Gasteiger partial charge >= 0.3 is 19.5 Å². The molecule has 124 valence electrons. The van der Waals surface area contributed by atoms with Crippen molar-refractivity contribution in [3.05, 3.63) is 0 Å². The van der Waals surface area contributed by atoms with Gasteiger partial charge in [-0.2, -0.15) is 0 Å². The Morgan fingerprint density at radius 2 is 0.857 bits per heavy atom. The zero-order chi connectivity index (χ0) is 16.3. The standard InChI is InChI=1S/2C7H16NS2.Zn/c2*1-5-10(6-2)7(9)8(3)4;/h2*5-6H2,1-4H3;/q2*-1;+2. The number of rotatable bonds is 4. The fourth-order valence-electron chi connectivity index (χ4n) is 1.42. The van der Waals surface area contributed by atoms with Gasteiger partial charge in [-0.1, -0.05) is 52.1 Å². The SMILES string of the molecule is CC[S-](CC)C(=S)N(C)C.CC[S-](CC)C(=S)N(C)C.[Zn+2]. The van der Waals surface area contributed by atoms with E-state index in [4.69, 9.17) is 24.4 Å². The van der Waals surface area contributed by atoms with Crippen LogP contribution in [0.4, 0.5) is 0 Å². The topological polar surface area (TPSA) is 6.48 Å². The van der Waals surface area contributed by atoms with Crippen LogP contribution in [0.15, 0.2) is 0 Å². The van der Waals surface area contributed by atoms with E-state index < -0.39 is 0 Å². The minimum Gasteiger partial charge on any atom is -0.459 e. The molecule has 0 bridgehead atoms. The van der Waals surface area contributed by atoms with Gasteiger partial charge in [-0.15, -0.1) is 23.0 Å². The van der Waals surface area contributed by atoms with Crippen molar-refractivity contribution >= 4 is 54.9 Å². The first kappa shape index (κ1) is 27.0. The van der Waals surface area contributed by atoms with Crippen molar-refractivity contribution in [3.63, 3.8) is 0 Å². The van der Waals surface area contributed by atoms with Crippen LogP contribution in [0.5, 0.6) is 0 Å². The molecular formula is C14H32N2S4Zn. The third kappa shape index (κ3) is 12.2. The van der Waals surface area contributed by atoms with Gasteiger partial charge in [0.25, 0.3) is 0 Å². The molecule has 0 saturated carbocycles. The van der Waals surface area contributed by atoms with Crippen LogP contribution in [0.3, 0.4) is 0 Å². The summed E-state index contributed by atoms with van der Waals surface area (Å²) in [5, 5.41) is 0. The molecule has 0 heterocycles. The van der Waals surface area contributed by atoms with E-state index in [-0.39, 0.29) is 19.5 Å². The van der Waals surface area contributed by atoms with E-state index in [1.807, 2.05) is 38.0 Å². The number of nitrogens with zero attached hydrogens (tertiary/aromatic N) is 2. The normalized spacial score (nSPS) is 10.5. The molecule has 0 amide bonds. The van der Waals surface area contributed by atoms with Crippen LogP contribution in [-0.4, -0.2) is 69.6 Å². The van der Waals surface area contributed by atoms with Crippen molar-refractivity contribution in [2.45, 2.75) is 27.7 Å². The summed E-state index contributed by atoms with van der Waals surface area (Å²) < 4.78 is 2.23. The summed E-state index contributed by atoms with van der Waals surface area (Å²) in [6.07, 6.45) is 0. The summed E-state index contributed by atoms with van der Waals surface area (Å²) in [6, 6.07) is 0. The number of thiocarbonyl (C=S) groups is 2. The summed E-state index contributed by atoms with van der Waals surface area (Å²) in [6.45, 7) is 8.79. The van der Waals surface area contributed by atoms with E-state index in [1.54, 1.807) is 0 Å². The van der Waals surface area contributed by atoms with Gasteiger partial charge in [-0.05, 0) is 8.64 Å². The Kier molecular flexibility index (Phi) is 20.5. The molecule has 0 spiro atoms. The van der Waals surface area contributed by atoms with Crippen LogP contribution < -0.4 is 0 Å². The Bertz CT molecular complexity index is 250. The third-order valence-electron chi connectivity index (χ3n) is 2.62. The average Bonchev–Trinajstić information content (AvgIpc) is 2.41. The molecule has 0 aliphatic carbocycles. The zero-order valence-electron chi connectivity index (χ0n) is 15.1. The Morgan fingerprint density at radius 1 is 0.667 bits per heavy atom. The molecule has 0 aliphatic heterocycles. The number of hydrogen-bond acceptors (Lipinski definition) is 4. The molecule has 0 aliphatic rings. The fourth-order valence-corrected chi connectivity index (χ4v) is 5.67. The van der Waals surface area contributed by atoms with Gasteiger partial charge < -0.3 is 31.6 Å². The maximum atomic E-state index is 5.24. The van der Waals surface area contributed by atoms with E-state index in [0.29, 0.717) is 21.8 Å². The fraction of sp³-hybridized carbons (Fsp3) is 0.857. The van der Waals surface area contributed by atoms with Crippen molar-refractivity contribution in [2.24, 2.45) is 0 Å². The van der Waals surface area contributed by atoms with Crippen LogP contribution in [0.1, 0.15) is 27.7 Å². The quantitative estimate of drug-likeness (QED) is 0.391. The molecule has 0 saturated heterocycles. The van der Waals surface area contributed by atoms with Crippen molar-refractivity contribution in [1.82, 2.24) is 9.80 Å². The van der Waals surface area contributed by atoms with Gasteiger partial charge in [-0.3, -0.25) is 0 Å². The monoisotopic (exact) mass is 420 g/mol. The maximum Gasteiger partial charge on any atom is 2.00 e. The predicted octanol–water partition coefficient (Wildman–Crippen LogP) is 2.98. The summed E-state index contributed by atoms with van der Waals surface area (Å²) in [5.41, 5.74) is 0. The Hall–Kier alpha value is 1.10. The van der Waals surface area contributed by atoms with E-state index >= 15 is 0 Å². The van der Waals surface area contributed by atoms with Gasteiger partial charge in [-0.25, -0.2) is 0 Å². The molecule has 0 aromatic heterocycles. The first-order valence-electron chi connectivity index (χ1n) is 7.04. The molecule has 0 aromatic rings.